The van der Waals surface area contributed by atoms with Crippen LogP contribution in [-0.4, -0.2) is 44.4 Å². The lowest BCUT2D eigenvalue weighted by Gasteiger charge is -2.31. The molecule has 6 nitrogen and oxygen atoms in total. The monoisotopic (exact) mass is 444 g/mol. The van der Waals surface area contributed by atoms with E-state index in [9.17, 15) is 13.2 Å². The number of amides is 1. The van der Waals surface area contributed by atoms with Crippen molar-refractivity contribution in [1.82, 2.24) is 9.62 Å². The molecule has 0 spiro atoms. The van der Waals surface area contributed by atoms with E-state index in [-0.39, 0.29) is 24.0 Å². The maximum atomic E-state index is 12.7. The number of carbonyl (C=O) groups excluding carboxylic acids is 1. The van der Waals surface area contributed by atoms with Crippen LogP contribution < -0.4 is 10.1 Å². The Morgan fingerprint density at radius 3 is 2.35 bits per heavy atom. The Kier molecular flexibility index (Phi) is 7.06. The number of sulfonamides is 1. The van der Waals surface area contributed by atoms with Crippen LogP contribution in [0.4, 0.5) is 0 Å². The van der Waals surface area contributed by atoms with Crippen LogP contribution in [0.15, 0.2) is 53.4 Å². The first-order valence-electron chi connectivity index (χ1n) is 10.7. The number of nitrogens with zero attached hydrogens (tertiary/aromatic N) is 1. The van der Waals surface area contributed by atoms with Crippen molar-refractivity contribution in [2.75, 3.05) is 19.7 Å². The van der Waals surface area contributed by atoms with E-state index in [0.29, 0.717) is 30.8 Å². The molecule has 1 fully saturated rings. The molecule has 0 bridgehead atoms. The number of hydrogen-bond donors (Lipinski definition) is 1. The van der Waals surface area contributed by atoms with E-state index < -0.39 is 10.0 Å². The highest BCUT2D eigenvalue weighted by Crippen LogP contribution is 2.32. The highest BCUT2D eigenvalue weighted by Gasteiger charge is 2.30. The fourth-order valence-electron chi connectivity index (χ4n) is 3.75. The summed E-state index contributed by atoms with van der Waals surface area (Å²) in [6.07, 6.45) is 1.16. The van der Waals surface area contributed by atoms with Gasteiger partial charge in [-0.3, -0.25) is 4.79 Å². The standard InChI is InChI=1S/C24H32N2O4S/c1-18-10-11-22(21(16-18)24(2,3)4)30-17-23(27)25-19-12-14-26(15-13-19)31(28,29)20-8-6-5-7-9-20/h5-11,16,19H,12-15,17H2,1-4H3,(H,25,27). The molecule has 0 radical (unpaired) electrons. The molecule has 0 unspecified atom stereocenters. The predicted molar refractivity (Wildman–Crippen MR) is 122 cm³/mol. The van der Waals surface area contributed by atoms with Crippen LogP contribution >= 0.6 is 0 Å². The van der Waals surface area contributed by atoms with Gasteiger partial charge in [0.15, 0.2) is 6.61 Å². The Morgan fingerprint density at radius 1 is 1.10 bits per heavy atom. The lowest BCUT2D eigenvalue weighted by molar-refractivity contribution is -0.124. The van der Waals surface area contributed by atoms with E-state index in [2.05, 4.69) is 32.2 Å². The van der Waals surface area contributed by atoms with Crippen molar-refractivity contribution in [3.05, 3.63) is 59.7 Å². The Labute approximate surface area is 185 Å². The summed E-state index contributed by atoms with van der Waals surface area (Å²) in [6.45, 7) is 9.10. The van der Waals surface area contributed by atoms with Gasteiger partial charge in [0.2, 0.25) is 10.0 Å². The van der Waals surface area contributed by atoms with Crippen molar-refractivity contribution in [1.29, 1.82) is 0 Å². The molecule has 0 aliphatic carbocycles. The Balaban J connectivity index is 1.52. The molecule has 0 saturated carbocycles. The minimum atomic E-state index is -3.49. The summed E-state index contributed by atoms with van der Waals surface area (Å²) in [5.41, 5.74) is 2.13. The van der Waals surface area contributed by atoms with Gasteiger partial charge in [0.1, 0.15) is 5.75 Å². The van der Waals surface area contributed by atoms with Gasteiger partial charge in [-0.1, -0.05) is 56.7 Å². The predicted octanol–water partition coefficient (Wildman–Crippen LogP) is 3.64. The molecule has 1 aliphatic heterocycles. The molecular weight excluding hydrogens is 412 g/mol. The van der Waals surface area contributed by atoms with E-state index >= 15 is 0 Å². The van der Waals surface area contributed by atoms with Gasteiger partial charge in [0, 0.05) is 19.1 Å². The number of aryl methyl sites for hydroxylation is 1. The summed E-state index contributed by atoms with van der Waals surface area (Å²) in [7, 11) is -3.49. The summed E-state index contributed by atoms with van der Waals surface area (Å²) in [4.78, 5) is 12.7. The van der Waals surface area contributed by atoms with Crippen molar-refractivity contribution in [3.63, 3.8) is 0 Å². The fourth-order valence-corrected chi connectivity index (χ4v) is 5.24. The molecule has 31 heavy (non-hydrogen) atoms. The molecule has 1 aliphatic rings. The third-order valence-corrected chi connectivity index (χ3v) is 7.41. The normalized spacial score (nSPS) is 16.1. The van der Waals surface area contributed by atoms with Gasteiger partial charge in [-0.15, -0.1) is 0 Å². The highest BCUT2D eigenvalue weighted by atomic mass is 32.2. The number of carbonyl (C=O) groups is 1. The second-order valence-corrected chi connectivity index (χ2v) is 11.0. The van der Waals surface area contributed by atoms with Crippen LogP contribution in [0.25, 0.3) is 0 Å². The Hall–Kier alpha value is -2.38. The van der Waals surface area contributed by atoms with Crippen LogP contribution in [0.2, 0.25) is 0 Å². The van der Waals surface area contributed by atoms with Gasteiger partial charge in [-0.05, 0) is 48.9 Å². The Bertz CT molecular complexity index is 1010. The van der Waals surface area contributed by atoms with Gasteiger partial charge in [0.25, 0.3) is 5.91 Å². The molecule has 168 valence electrons. The van der Waals surface area contributed by atoms with Crippen molar-refractivity contribution < 1.29 is 17.9 Å². The zero-order valence-corrected chi connectivity index (χ0v) is 19.5. The van der Waals surface area contributed by atoms with Crippen molar-refractivity contribution in [2.45, 2.75) is 56.9 Å². The SMILES string of the molecule is Cc1ccc(OCC(=O)NC2CCN(S(=O)(=O)c3ccccc3)CC2)c(C(C)(C)C)c1. The van der Waals surface area contributed by atoms with Crippen LogP contribution in [0.3, 0.4) is 0 Å². The van der Waals surface area contributed by atoms with Gasteiger partial charge in [-0.25, -0.2) is 8.42 Å². The number of rotatable bonds is 6. The molecule has 7 heteroatoms. The quantitative estimate of drug-likeness (QED) is 0.738. The third-order valence-electron chi connectivity index (χ3n) is 5.50. The summed E-state index contributed by atoms with van der Waals surface area (Å²) in [6, 6.07) is 14.4. The molecular formula is C24H32N2O4S. The van der Waals surface area contributed by atoms with Gasteiger partial charge >= 0.3 is 0 Å². The maximum absolute atomic E-state index is 12.7. The number of ether oxygens (including phenoxy) is 1. The smallest absolute Gasteiger partial charge is 0.258 e. The number of nitrogens with one attached hydrogen (secondary N) is 1. The summed E-state index contributed by atoms with van der Waals surface area (Å²) in [5, 5.41) is 2.99. The molecule has 0 aromatic heterocycles. The lowest BCUT2D eigenvalue weighted by Crippen LogP contribution is -2.47. The minimum Gasteiger partial charge on any atom is -0.483 e. The van der Waals surface area contributed by atoms with Crippen LogP contribution in [0, 0.1) is 6.92 Å². The molecule has 2 aromatic rings. The molecule has 1 heterocycles. The molecule has 1 saturated heterocycles. The number of piperidine rings is 1. The highest BCUT2D eigenvalue weighted by molar-refractivity contribution is 7.89. The van der Waals surface area contributed by atoms with Crippen molar-refractivity contribution in [2.24, 2.45) is 0 Å². The Morgan fingerprint density at radius 2 is 1.74 bits per heavy atom. The van der Waals surface area contributed by atoms with Gasteiger partial charge in [0.05, 0.1) is 4.90 Å². The molecule has 1 amide bonds. The van der Waals surface area contributed by atoms with Crippen LogP contribution in [0.5, 0.6) is 5.75 Å². The molecule has 3 rings (SSSR count). The maximum Gasteiger partial charge on any atom is 0.258 e. The lowest BCUT2D eigenvalue weighted by atomic mass is 9.85. The van der Waals surface area contributed by atoms with Gasteiger partial charge < -0.3 is 10.1 Å². The van der Waals surface area contributed by atoms with E-state index in [4.69, 9.17) is 4.74 Å². The second kappa shape index (κ2) is 9.40. The van der Waals surface area contributed by atoms with Gasteiger partial charge in [-0.2, -0.15) is 4.31 Å². The van der Waals surface area contributed by atoms with E-state index in [0.717, 1.165) is 16.9 Å². The zero-order chi connectivity index (χ0) is 22.6. The average molecular weight is 445 g/mol. The minimum absolute atomic E-state index is 0.0570. The molecule has 2 aromatic carbocycles. The van der Waals surface area contributed by atoms with Crippen LogP contribution in [0.1, 0.15) is 44.7 Å². The topological polar surface area (TPSA) is 75.7 Å². The summed E-state index contributed by atoms with van der Waals surface area (Å²) in [5.74, 6) is 0.529. The first kappa shape index (κ1) is 23.3. The van der Waals surface area contributed by atoms with Crippen LogP contribution in [-0.2, 0) is 20.2 Å². The molecule has 0 atom stereocenters. The van der Waals surface area contributed by atoms with Crippen molar-refractivity contribution >= 4 is 15.9 Å². The second-order valence-electron chi connectivity index (χ2n) is 9.10. The molecule has 1 N–H and O–H groups in total. The fraction of sp³-hybridized carbons (Fsp3) is 0.458. The van der Waals surface area contributed by atoms with E-state index in [1.807, 2.05) is 19.1 Å². The average Bonchev–Trinajstić information content (AvgIpc) is 2.73. The van der Waals surface area contributed by atoms with E-state index in [1.165, 1.54) is 4.31 Å². The summed E-state index contributed by atoms with van der Waals surface area (Å²) >= 11 is 0. The first-order valence-corrected chi connectivity index (χ1v) is 12.1. The first-order chi connectivity index (χ1) is 14.6. The largest absolute Gasteiger partial charge is 0.483 e. The number of hydrogen-bond acceptors (Lipinski definition) is 4. The van der Waals surface area contributed by atoms with E-state index in [1.54, 1.807) is 30.3 Å². The van der Waals surface area contributed by atoms with Crippen molar-refractivity contribution in [3.8, 4) is 5.75 Å². The number of benzene rings is 2. The summed E-state index contributed by atoms with van der Waals surface area (Å²) < 4.78 is 32.8. The third kappa shape index (κ3) is 5.86. The zero-order valence-electron chi connectivity index (χ0n) is 18.7.